The van der Waals surface area contributed by atoms with Gasteiger partial charge in [0.2, 0.25) is 0 Å². The fourth-order valence-electron chi connectivity index (χ4n) is 2.23. The largest absolute Gasteiger partial charge is 0.494 e. The van der Waals surface area contributed by atoms with Gasteiger partial charge in [-0.15, -0.1) is 0 Å². The highest BCUT2D eigenvalue weighted by molar-refractivity contribution is 6.62. The van der Waals surface area contributed by atoms with Crippen molar-refractivity contribution in [1.82, 2.24) is 4.98 Å². The van der Waals surface area contributed by atoms with Crippen molar-refractivity contribution in [3.8, 4) is 0 Å². The SMILES string of the molecule is CC1(C)OB(c2ccc3oc(=O)[nH]c(=O)c3c2)OC1(C)C. The number of hydrogen-bond acceptors (Lipinski definition) is 5. The molecule has 0 atom stereocenters. The second-order valence-corrected chi connectivity index (χ2v) is 6.19. The van der Waals surface area contributed by atoms with E-state index in [4.69, 9.17) is 13.7 Å². The van der Waals surface area contributed by atoms with E-state index in [2.05, 4.69) is 4.98 Å². The number of aromatic amines is 1. The molecule has 2 heterocycles. The van der Waals surface area contributed by atoms with Crippen molar-refractivity contribution >= 4 is 23.6 Å². The maximum Gasteiger partial charge on any atom is 0.494 e. The van der Waals surface area contributed by atoms with Gasteiger partial charge in [-0.25, -0.2) is 4.79 Å². The standard InChI is InChI=1S/C14H16BNO5/c1-13(2)14(3,4)21-15(20-13)8-5-6-10-9(7-8)11(17)16-12(18)19-10/h5-7H,1-4H3,(H,16,17,18). The van der Waals surface area contributed by atoms with Gasteiger partial charge in [0, 0.05) is 0 Å². The molecule has 0 unspecified atom stereocenters. The third kappa shape index (κ3) is 2.22. The van der Waals surface area contributed by atoms with Crippen LogP contribution in [-0.2, 0) is 9.31 Å². The predicted molar refractivity (Wildman–Crippen MR) is 78.8 cm³/mol. The Bertz CT molecular complexity index is 804. The van der Waals surface area contributed by atoms with Crippen molar-refractivity contribution in [2.24, 2.45) is 0 Å². The molecule has 7 heteroatoms. The predicted octanol–water partition coefficient (Wildman–Crippen LogP) is 0.780. The Morgan fingerprint density at radius 1 is 1.05 bits per heavy atom. The summed E-state index contributed by atoms with van der Waals surface area (Å²) in [5.41, 5.74) is -0.450. The summed E-state index contributed by atoms with van der Waals surface area (Å²) < 4.78 is 16.8. The van der Waals surface area contributed by atoms with Crippen LogP contribution >= 0.6 is 0 Å². The number of rotatable bonds is 1. The maximum atomic E-state index is 11.8. The zero-order valence-corrected chi connectivity index (χ0v) is 12.4. The first-order chi connectivity index (χ1) is 9.69. The Balaban J connectivity index is 2.07. The lowest BCUT2D eigenvalue weighted by molar-refractivity contribution is 0.00578. The van der Waals surface area contributed by atoms with E-state index < -0.39 is 29.6 Å². The molecule has 0 saturated carbocycles. The molecule has 1 N–H and O–H groups in total. The summed E-state index contributed by atoms with van der Waals surface area (Å²) in [5.74, 6) is -0.768. The number of nitrogens with one attached hydrogen (secondary N) is 1. The van der Waals surface area contributed by atoms with E-state index in [-0.39, 0.29) is 5.58 Å². The number of H-pyrrole nitrogens is 1. The van der Waals surface area contributed by atoms with E-state index in [1.807, 2.05) is 27.7 Å². The van der Waals surface area contributed by atoms with Gasteiger partial charge in [-0.05, 0) is 45.3 Å². The molecular weight excluding hydrogens is 273 g/mol. The van der Waals surface area contributed by atoms with Crippen LogP contribution in [0, 0.1) is 0 Å². The molecule has 1 saturated heterocycles. The summed E-state index contributed by atoms with van der Waals surface area (Å²) in [4.78, 5) is 25.1. The van der Waals surface area contributed by atoms with Gasteiger partial charge in [-0.2, -0.15) is 0 Å². The molecule has 21 heavy (non-hydrogen) atoms. The molecule has 1 aliphatic heterocycles. The number of fused-ring (bicyclic) bond motifs is 1. The third-order valence-electron chi connectivity index (χ3n) is 4.19. The van der Waals surface area contributed by atoms with Crippen LogP contribution in [0.2, 0.25) is 0 Å². The van der Waals surface area contributed by atoms with Gasteiger partial charge in [0.1, 0.15) is 5.58 Å². The van der Waals surface area contributed by atoms with Gasteiger partial charge in [-0.3, -0.25) is 9.78 Å². The van der Waals surface area contributed by atoms with Gasteiger partial charge >= 0.3 is 12.9 Å². The van der Waals surface area contributed by atoms with E-state index in [1.165, 1.54) is 0 Å². The van der Waals surface area contributed by atoms with Crippen LogP contribution in [0.15, 0.2) is 32.2 Å². The summed E-state index contributed by atoms with van der Waals surface area (Å²) >= 11 is 0. The first-order valence-electron chi connectivity index (χ1n) is 6.72. The average molecular weight is 289 g/mol. The van der Waals surface area contributed by atoms with Crippen LogP contribution in [0.5, 0.6) is 0 Å². The van der Waals surface area contributed by atoms with E-state index in [0.717, 1.165) is 0 Å². The van der Waals surface area contributed by atoms with Gasteiger partial charge in [0.25, 0.3) is 5.56 Å². The van der Waals surface area contributed by atoms with Gasteiger partial charge < -0.3 is 13.7 Å². The van der Waals surface area contributed by atoms with E-state index >= 15 is 0 Å². The second kappa shape index (κ2) is 4.32. The van der Waals surface area contributed by atoms with Crippen LogP contribution in [-0.4, -0.2) is 23.3 Å². The fourth-order valence-corrected chi connectivity index (χ4v) is 2.23. The van der Waals surface area contributed by atoms with Crippen molar-refractivity contribution in [3.63, 3.8) is 0 Å². The summed E-state index contributed by atoms with van der Waals surface area (Å²) in [6, 6.07) is 4.93. The second-order valence-electron chi connectivity index (χ2n) is 6.19. The van der Waals surface area contributed by atoms with Crippen molar-refractivity contribution in [2.45, 2.75) is 38.9 Å². The molecule has 1 aliphatic rings. The van der Waals surface area contributed by atoms with E-state index in [1.54, 1.807) is 18.2 Å². The van der Waals surface area contributed by atoms with Crippen molar-refractivity contribution in [1.29, 1.82) is 0 Å². The fraction of sp³-hybridized carbons (Fsp3) is 0.429. The summed E-state index contributed by atoms with van der Waals surface area (Å²) in [7, 11) is -0.564. The monoisotopic (exact) mass is 289 g/mol. The zero-order valence-electron chi connectivity index (χ0n) is 12.4. The molecule has 0 spiro atoms. The molecule has 0 amide bonds. The molecule has 3 rings (SSSR count). The average Bonchev–Trinajstić information content (AvgIpc) is 2.58. The number of benzene rings is 1. The Kier molecular flexibility index (Phi) is 2.90. The minimum Gasteiger partial charge on any atom is -0.409 e. The summed E-state index contributed by atoms with van der Waals surface area (Å²) in [6.45, 7) is 7.83. The minimum absolute atomic E-state index is 0.240. The summed E-state index contributed by atoms with van der Waals surface area (Å²) in [5, 5.41) is 0.293. The lowest BCUT2D eigenvalue weighted by atomic mass is 9.79. The van der Waals surface area contributed by atoms with Crippen molar-refractivity contribution in [3.05, 3.63) is 39.1 Å². The van der Waals surface area contributed by atoms with Crippen LogP contribution < -0.4 is 16.8 Å². The van der Waals surface area contributed by atoms with E-state index in [0.29, 0.717) is 10.8 Å². The molecule has 0 radical (unpaired) electrons. The molecule has 6 nitrogen and oxygen atoms in total. The Morgan fingerprint density at radius 2 is 1.67 bits per heavy atom. The normalized spacial score (nSPS) is 20.1. The molecule has 1 aromatic carbocycles. The molecule has 1 fully saturated rings. The van der Waals surface area contributed by atoms with Crippen LogP contribution in [0.4, 0.5) is 0 Å². The Labute approximate surface area is 121 Å². The Hall–Kier alpha value is -1.86. The molecule has 110 valence electrons. The van der Waals surface area contributed by atoms with Gasteiger partial charge in [0.15, 0.2) is 0 Å². The van der Waals surface area contributed by atoms with E-state index in [9.17, 15) is 9.59 Å². The molecule has 0 aliphatic carbocycles. The van der Waals surface area contributed by atoms with Crippen molar-refractivity contribution < 1.29 is 13.7 Å². The van der Waals surface area contributed by atoms with Gasteiger partial charge in [-0.1, -0.05) is 6.07 Å². The first-order valence-corrected chi connectivity index (χ1v) is 6.72. The van der Waals surface area contributed by atoms with Crippen LogP contribution in [0.25, 0.3) is 11.0 Å². The molecule has 2 aromatic rings. The van der Waals surface area contributed by atoms with Crippen molar-refractivity contribution in [2.75, 3.05) is 0 Å². The molecule has 1 aromatic heterocycles. The highest BCUT2D eigenvalue weighted by Gasteiger charge is 2.51. The third-order valence-corrected chi connectivity index (χ3v) is 4.19. The zero-order chi connectivity index (χ0) is 15.4. The van der Waals surface area contributed by atoms with Gasteiger partial charge in [0.05, 0.1) is 16.6 Å². The van der Waals surface area contributed by atoms with Crippen LogP contribution in [0.1, 0.15) is 27.7 Å². The lowest BCUT2D eigenvalue weighted by Gasteiger charge is -2.32. The topological polar surface area (TPSA) is 81.5 Å². The highest BCUT2D eigenvalue weighted by atomic mass is 16.7. The number of aromatic nitrogens is 1. The smallest absolute Gasteiger partial charge is 0.409 e. The quantitative estimate of drug-likeness (QED) is 0.785. The summed E-state index contributed by atoms with van der Waals surface area (Å²) in [6.07, 6.45) is 0. The lowest BCUT2D eigenvalue weighted by Crippen LogP contribution is -2.41. The number of hydrogen-bond donors (Lipinski definition) is 1. The maximum absolute atomic E-state index is 11.8. The molecular formula is C14H16BNO5. The highest BCUT2D eigenvalue weighted by Crippen LogP contribution is 2.36. The Morgan fingerprint density at radius 3 is 2.29 bits per heavy atom. The first kappa shape index (κ1) is 14.1. The minimum atomic E-state index is -0.768. The molecule has 0 bridgehead atoms. The van der Waals surface area contributed by atoms with Crippen LogP contribution in [0.3, 0.4) is 0 Å².